The molecule has 0 bridgehead atoms. The van der Waals surface area contributed by atoms with E-state index in [0.29, 0.717) is 5.15 Å². The average molecular weight is 373 g/mol. The van der Waals surface area contributed by atoms with Crippen molar-refractivity contribution in [3.8, 4) is 0 Å². The van der Waals surface area contributed by atoms with Gasteiger partial charge in [0.1, 0.15) is 16.7 Å². The van der Waals surface area contributed by atoms with Crippen LogP contribution in [0.3, 0.4) is 0 Å². The Morgan fingerprint density at radius 3 is 2.69 bits per heavy atom. The lowest BCUT2D eigenvalue weighted by Gasteiger charge is -2.27. The fraction of sp³-hybridized carbons (Fsp3) is 0.368. The van der Waals surface area contributed by atoms with Crippen molar-refractivity contribution in [1.29, 1.82) is 0 Å². The minimum atomic E-state index is 0.436. The number of rotatable bonds is 4. The second-order valence-electron chi connectivity index (χ2n) is 6.24. The van der Waals surface area contributed by atoms with Gasteiger partial charge in [-0.25, -0.2) is 9.97 Å². The molecule has 0 saturated carbocycles. The van der Waals surface area contributed by atoms with Gasteiger partial charge in [0.05, 0.1) is 43.0 Å². The lowest BCUT2D eigenvalue weighted by Crippen LogP contribution is -2.36. The highest BCUT2D eigenvalue weighted by atomic mass is 35.5. The number of hydrogen-bond acceptors (Lipinski definition) is 6. The molecule has 1 fully saturated rings. The Hall–Kier alpha value is -2.31. The predicted octanol–water partition coefficient (Wildman–Crippen LogP) is 3.86. The van der Waals surface area contributed by atoms with Gasteiger partial charge in [-0.1, -0.05) is 11.6 Å². The van der Waals surface area contributed by atoms with Crippen LogP contribution in [-0.4, -0.2) is 42.9 Å². The molecule has 0 aromatic carbocycles. The maximum absolute atomic E-state index is 6.10. The van der Waals surface area contributed by atoms with E-state index in [0.717, 1.165) is 74.3 Å². The number of allylic oxidation sites excluding steroid dienone is 1. The molecule has 1 N–H and O–H groups in total. The highest BCUT2D eigenvalue weighted by Crippen LogP contribution is 2.31. The first-order valence-electron chi connectivity index (χ1n) is 8.84. The third-order valence-corrected chi connectivity index (χ3v) is 4.64. The maximum atomic E-state index is 6.10. The zero-order chi connectivity index (χ0) is 17.8. The van der Waals surface area contributed by atoms with Crippen LogP contribution >= 0.6 is 11.6 Å². The number of halogens is 1. The molecule has 6 nitrogen and oxygen atoms in total. The zero-order valence-electron chi connectivity index (χ0n) is 14.4. The van der Waals surface area contributed by atoms with Crippen molar-refractivity contribution >= 4 is 34.6 Å². The van der Waals surface area contributed by atoms with E-state index in [1.807, 2.05) is 24.4 Å². The van der Waals surface area contributed by atoms with Gasteiger partial charge in [0, 0.05) is 19.3 Å². The summed E-state index contributed by atoms with van der Waals surface area (Å²) in [5, 5.41) is 3.83. The third-order valence-electron chi connectivity index (χ3n) is 4.43. The molecule has 0 amide bonds. The highest BCUT2D eigenvalue weighted by molar-refractivity contribution is 6.29. The molecule has 0 aliphatic carbocycles. The summed E-state index contributed by atoms with van der Waals surface area (Å²) in [5.41, 5.74) is 2.66. The Morgan fingerprint density at radius 1 is 1.08 bits per heavy atom. The number of hydrogen-bond donors (Lipinski definition) is 1. The number of pyridine rings is 2. The van der Waals surface area contributed by atoms with Gasteiger partial charge in [0.25, 0.3) is 0 Å². The molecule has 136 valence electrons. The van der Waals surface area contributed by atoms with Crippen LogP contribution in [-0.2, 0) is 9.47 Å². The molecule has 2 aromatic rings. The van der Waals surface area contributed by atoms with Crippen LogP contribution in [0.5, 0.6) is 0 Å². The lowest BCUT2D eigenvalue weighted by atomic mass is 10.1. The topological polar surface area (TPSA) is 59.5 Å². The summed E-state index contributed by atoms with van der Waals surface area (Å²) in [5.74, 6) is 1.81. The van der Waals surface area contributed by atoms with Crippen molar-refractivity contribution in [3.63, 3.8) is 0 Å². The lowest BCUT2D eigenvalue weighted by molar-refractivity contribution is 0.122. The van der Waals surface area contributed by atoms with Crippen LogP contribution in [0.15, 0.2) is 36.7 Å². The normalized spacial score (nSPS) is 17.4. The van der Waals surface area contributed by atoms with Crippen molar-refractivity contribution in [2.45, 2.75) is 12.8 Å². The van der Waals surface area contributed by atoms with Gasteiger partial charge in [0.2, 0.25) is 0 Å². The van der Waals surface area contributed by atoms with Crippen LogP contribution in [0.4, 0.5) is 17.2 Å². The van der Waals surface area contributed by atoms with E-state index in [1.54, 1.807) is 6.20 Å². The first-order chi connectivity index (χ1) is 12.8. The molecule has 0 spiro atoms. The Kier molecular flexibility index (Phi) is 5.22. The quantitative estimate of drug-likeness (QED) is 0.822. The summed E-state index contributed by atoms with van der Waals surface area (Å²) in [6, 6.07) is 5.85. The first-order valence-corrected chi connectivity index (χ1v) is 9.22. The van der Waals surface area contributed by atoms with E-state index in [9.17, 15) is 0 Å². The van der Waals surface area contributed by atoms with Gasteiger partial charge in [-0.05, 0) is 37.1 Å². The average Bonchev–Trinajstić information content (AvgIpc) is 2.70. The predicted molar refractivity (Wildman–Crippen MR) is 103 cm³/mol. The smallest absolute Gasteiger partial charge is 0.131 e. The summed E-state index contributed by atoms with van der Waals surface area (Å²) in [4.78, 5) is 11.0. The molecule has 0 radical (unpaired) electrons. The second kappa shape index (κ2) is 7.93. The summed E-state index contributed by atoms with van der Waals surface area (Å²) < 4.78 is 11.2. The van der Waals surface area contributed by atoms with Gasteiger partial charge in [-0.15, -0.1) is 0 Å². The monoisotopic (exact) mass is 372 g/mol. The zero-order valence-corrected chi connectivity index (χ0v) is 15.2. The fourth-order valence-corrected chi connectivity index (χ4v) is 3.23. The second-order valence-corrected chi connectivity index (χ2v) is 6.63. The van der Waals surface area contributed by atoms with Crippen molar-refractivity contribution in [2.24, 2.45) is 0 Å². The molecule has 4 heterocycles. The molecular weight excluding hydrogens is 352 g/mol. The molecule has 2 aliphatic rings. The number of morpholine rings is 1. The van der Waals surface area contributed by atoms with E-state index in [2.05, 4.69) is 26.3 Å². The van der Waals surface area contributed by atoms with Crippen molar-refractivity contribution in [2.75, 3.05) is 43.1 Å². The number of aromatic nitrogens is 2. The largest absolute Gasteiger partial charge is 0.493 e. The van der Waals surface area contributed by atoms with E-state index >= 15 is 0 Å². The summed E-state index contributed by atoms with van der Waals surface area (Å²) in [7, 11) is 0. The number of nitrogens with one attached hydrogen (secondary N) is 1. The van der Waals surface area contributed by atoms with Crippen molar-refractivity contribution in [3.05, 3.63) is 47.4 Å². The fourth-order valence-electron chi connectivity index (χ4n) is 3.07. The Balaban J connectivity index is 1.55. The van der Waals surface area contributed by atoms with Crippen LogP contribution < -0.4 is 10.2 Å². The molecular formula is C19H21ClN4O2. The first kappa shape index (κ1) is 17.1. The summed E-state index contributed by atoms with van der Waals surface area (Å²) in [6.45, 7) is 3.96. The van der Waals surface area contributed by atoms with E-state index < -0.39 is 0 Å². The molecule has 0 unspecified atom stereocenters. The molecule has 2 aliphatic heterocycles. The van der Waals surface area contributed by atoms with Gasteiger partial charge >= 0.3 is 0 Å². The van der Waals surface area contributed by atoms with Crippen molar-refractivity contribution in [1.82, 2.24) is 9.97 Å². The van der Waals surface area contributed by atoms with Crippen LogP contribution in [0.2, 0.25) is 5.15 Å². The summed E-state index contributed by atoms with van der Waals surface area (Å²) >= 11 is 6.10. The third kappa shape index (κ3) is 3.92. The van der Waals surface area contributed by atoms with Gasteiger partial charge in [-0.2, -0.15) is 0 Å². The number of anilines is 3. The Bertz CT molecular complexity index is 789. The SMILES string of the molecule is Clc1cc(Nc2ccc(N3CCOCC3)nc2)c(C2=CCCCO2)cn1. The van der Waals surface area contributed by atoms with Crippen LogP contribution in [0.25, 0.3) is 5.76 Å². The standard InChI is InChI=1S/C19H21ClN4O2/c20-18-11-16(15(13-21-18)17-3-1-2-8-26-17)23-14-4-5-19(22-12-14)24-6-9-25-10-7-24/h3-5,11-13H,1-2,6-10H2,(H,21,23). The van der Waals surface area contributed by atoms with E-state index in [-0.39, 0.29) is 0 Å². The van der Waals surface area contributed by atoms with Gasteiger partial charge in [-0.3, -0.25) is 0 Å². The van der Waals surface area contributed by atoms with Crippen LogP contribution in [0.1, 0.15) is 18.4 Å². The molecule has 26 heavy (non-hydrogen) atoms. The van der Waals surface area contributed by atoms with Crippen molar-refractivity contribution < 1.29 is 9.47 Å². The number of ether oxygens (including phenoxy) is 2. The molecule has 7 heteroatoms. The van der Waals surface area contributed by atoms with Gasteiger partial charge in [0.15, 0.2) is 0 Å². The Labute approximate surface area is 157 Å². The Morgan fingerprint density at radius 2 is 1.96 bits per heavy atom. The molecule has 2 aromatic heterocycles. The minimum absolute atomic E-state index is 0.436. The van der Waals surface area contributed by atoms with E-state index in [4.69, 9.17) is 21.1 Å². The molecule has 0 atom stereocenters. The number of nitrogens with zero attached hydrogens (tertiary/aromatic N) is 3. The minimum Gasteiger partial charge on any atom is -0.493 e. The molecule has 4 rings (SSSR count). The van der Waals surface area contributed by atoms with Gasteiger partial charge < -0.3 is 19.7 Å². The molecule has 1 saturated heterocycles. The summed E-state index contributed by atoms with van der Waals surface area (Å²) in [6.07, 6.45) is 7.73. The maximum Gasteiger partial charge on any atom is 0.131 e. The van der Waals surface area contributed by atoms with Crippen LogP contribution in [0, 0.1) is 0 Å². The van der Waals surface area contributed by atoms with E-state index in [1.165, 1.54) is 0 Å². The highest BCUT2D eigenvalue weighted by Gasteiger charge is 2.15.